The third-order valence-electron chi connectivity index (χ3n) is 7.45. The summed E-state index contributed by atoms with van der Waals surface area (Å²) in [5.41, 5.74) is 2.78. The van der Waals surface area contributed by atoms with Gasteiger partial charge in [-0.05, 0) is 61.1 Å². The van der Waals surface area contributed by atoms with Crippen LogP contribution >= 0.6 is 0 Å². The predicted molar refractivity (Wildman–Crippen MR) is 154 cm³/mol. The third-order valence-corrected chi connectivity index (χ3v) is 7.45. The van der Waals surface area contributed by atoms with Gasteiger partial charge in [-0.15, -0.1) is 0 Å². The number of fused-ring (bicyclic) bond motifs is 1. The second-order valence-electron chi connectivity index (χ2n) is 10.5. The Morgan fingerprint density at radius 3 is 2.24 bits per heavy atom. The first kappa shape index (κ1) is 30.6. The van der Waals surface area contributed by atoms with Crippen LogP contribution in [0.4, 0.5) is 0 Å². The summed E-state index contributed by atoms with van der Waals surface area (Å²) in [6.07, 6.45) is -0.0753. The molecule has 0 saturated carbocycles. The molecule has 0 aliphatic carbocycles. The predicted octanol–water partition coefficient (Wildman–Crippen LogP) is 3.41. The van der Waals surface area contributed by atoms with Crippen molar-refractivity contribution in [2.24, 2.45) is 0 Å². The zero-order chi connectivity index (χ0) is 29.5. The Balaban J connectivity index is 1.71. The average molecular weight is 569 g/mol. The molecule has 0 bridgehead atoms. The van der Waals surface area contributed by atoms with E-state index in [0.29, 0.717) is 16.5 Å². The number of unbranched alkanes of at least 4 members (excludes halogenated alkanes) is 4. The lowest BCUT2D eigenvalue weighted by Gasteiger charge is -2.39. The minimum Gasteiger partial charge on any atom is -0.467 e. The highest BCUT2D eigenvalue weighted by Crippen LogP contribution is 2.33. The molecule has 2 heterocycles. The Labute approximate surface area is 239 Å². The van der Waals surface area contributed by atoms with Crippen LogP contribution in [-0.4, -0.2) is 69.1 Å². The van der Waals surface area contributed by atoms with Crippen LogP contribution in [0.2, 0.25) is 0 Å². The monoisotopic (exact) mass is 568 g/mol. The summed E-state index contributed by atoms with van der Waals surface area (Å²) in [6, 6.07) is 11.1. The highest BCUT2D eigenvalue weighted by molar-refractivity contribution is 5.81. The number of ether oxygens (including phenoxy) is 3. The van der Waals surface area contributed by atoms with Gasteiger partial charge in [0.15, 0.2) is 6.10 Å². The molecule has 2 aromatic carbocycles. The molecule has 3 aromatic rings. The van der Waals surface area contributed by atoms with Crippen LogP contribution in [0.15, 0.2) is 41.2 Å². The molecule has 222 valence electrons. The number of H-pyrrole nitrogens is 1. The van der Waals surface area contributed by atoms with Gasteiger partial charge in [0.1, 0.15) is 29.9 Å². The van der Waals surface area contributed by atoms with Crippen molar-refractivity contribution in [1.29, 1.82) is 0 Å². The van der Waals surface area contributed by atoms with E-state index in [1.54, 1.807) is 6.07 Å². The van der Waals surface area contributed by atoms with Gasteiger partial charge >= 0.3 is 5.97 Å². The first-order valence-corrected chi connectivity index (χ1v) is 14.4. The summed E-state index contributed by atoms with van der Waals surface area (Å²) >= 11 is 0. The molecule has 5 atom stereocenters. The lowest BCUT2D eigenvalue weighted by Crippen LogP contribution is -2.61. The van der Waals surface area contributed by atoms with E-state index >= 15 is 0 Å². The van der Waals surface area contributed by atoms with E-state index in [0.717, 1.165) is 69.6 Å². The molecule has 0 amide bonds. The van der Waals surface area contributed by atoms with Crippen LogP contribution in [0.5, 0.6) is 5.75 Å². The number of aromatic amines is 1. The number of carbonyl (C=O) groups is 1. The Morgan fingerprint density at radius 2 is 1.59 bits per heavy atom. The summed E-state index contributed by atoms with van der Waals surface area (Å²) < 4.78 is 16.2. The van der Waals surface area contributed by atoms with Crippen molar-refractivity contribution in [3.8, 4) is 17.1 Å². The van der Waals surface area contributed by atoms with Gasteiger partial charge in [-0.3, -0.25) is 4.79 Å². The summed E-state index contributed by atoms with van der Waals surface area (Å²) in [7, 11) is 1.12. The fourth-order valence-corrected chi connectivity index (χ4v) is 5.03. The molecule has 10 nitrogen and oxygen atoms in total. The number of benzene rings is 2. The SMILES string of the molecule is CCCCCc1ccc(O[C@@H]2OC(C(=O)OC)[C@@H](O)[C@@H](O)C2O)c(-c2nc3ccc(CCCCC)cc3c(=O)[nH]2)c1. The second kappa shape index (κ2) is 14.0. The number of aliphatic hydroxyl groups is 3. The van der Waals surface area contributed by atoms with E-state index in [4.69, 9.17) is 14.5 Å². The van der Waals surface area contributed by atoms with Crippen molar-refractivity contribution in [2.75, 3.05) is 7.11 Å². The van der Waals surface area contributed by atoms with Gasteiger partial charge in [0.05, 0.1) is 23.6 Å². The molecule has 41 heavy (non-hydrogen) atoms. The molecule has 4 rings (SSSR count). The molecular weight excluding hydrogens is 528 g/mol. The highest BCUT2D eigenvalue weighted by atomic mass is 16.7. The number of aliphatic hydroxyl groups excluding tert-OH is 3. The largest absolute Gasteiger partial charge is 0.467 e. The van der Waals surface area contributed by atoms with Crippen molar-refractivity contribution < 1.29 is 34.3 Å². The maximum Gasteiger partial charge on any atom is 0.337 e. The fraction of sp³-hybridized carbons (Fsp3) is 0.516. The van der Waals surface area contributed by atoms with E-state index in [1.807, 2.05) is 30.3 Å². The van der Waals surface area contributed by atoms with E-state index < -0.39 is 36.7 Å². The topological polar surface area (TPSA) is 151 Å². The Morgan fingerprint density at radius 1 is 0.927 bits per heavy atom. The van der Waals surface area contributed by atoms with Gasteiger partial charge < -0.3 is 34.5 Å². The van der Waals surface area contributed by atoms with Crippen LogP contribution in [0.1, 0.15) is 63.5 Å². The van der Waals surface area contributed by atoms with Gasteiger partial charge in [0.2, 0.25) is 6.29 Å². The maximum atomic E-state index is 13.2. The number of esters is 1. The zero-order valence-electron chi connectivity index (χ0n) is 23.8. The van der Waals surface area contributed by atoms with Crippen molar-refractivity contribution in [3.05, 3.63) is 57.9 Å². The Hall–Kier alpha value is -3.31. The number of aryl methyl sites for hydroxylation is 2. The minimum absolute atomic E-state index is 0.208. The number of hydrogen-bond donors (Lipinski definition) is 4. The number of nitrogens with zero attached hydrogens (tertiary/aromatic N) is 1. The first-order chi connectivity index (χ1) is 19.8. The molecule has 1 aromatic heterocycles. The second-order valence-corrected chi connectivity index (χ2v) is 10.5. The molecule has 10 heteroatoms. The van der Waals surface area contributed by atoms with Crippen LogP contribution < -0.4 is 10.3 Å². The Bertz CT molecular complexity index is 1390. The van der Waals surface area contributed by atoms with Gasteiger partial charge in [0.25, 0.3) is 5.56 Å². The third kappa shape index (κ3) is 7.13. The van der Waals surface area contributed by atoms with Crippen molar-refractivity contribution >= 4 is 16.9 Å². The van der Waals surface area contributed by atoms with E-state index in [-0.39, 0.29) is 17.1 Å². The zero-order valence-corrected chi connectivity index (χ0v) is 23.8. The molecule has 1 aliphatic heterocycles. The van der Waals surface area contributed by atoms with E-state index in [1.165, 1.54) is 0 Å². The molecule has 1 aliphatic rings. The van der Waals surface area contributed by atoms with Gasteiger partial charge in [-0.1, -0.05) is 51.7 Å². The molecule has 1 saturated heterocycles. The normalized spacial score (nSPS) is 22.5. The van der Waals surface area contributed by atoms with Gasteiger partial charge in [0, 0.05) is 0 Å². The summed E-state index contributed by atoms with van der Waals surface area (Å²) in [5, 5.41) is 31.7. The lowest BCUT2D eigenvalue weighted by molar-refractivity contribution is -0.271. The molecule has 4 N–H and O–H groups in total. The van der Waals surface area contributed by atoms with Gasteiger partial charge in [-0.25, -0.2) is 9.78 Å². The number of hydrogen-bond acceptors (Lipinski definition) is 9. The van der Waals surface area contributed by atoms with Crippen molar-refractivity contribution in [3.63, 3.8) is 0 Å². The molecule has 2 unspecified atom stereocenters. The average Bonchev–Trinajstić information content (AvgIpc) is 2.98. The fourth-order valence-electron chi connectivity index (χ4n) is 5.03. The quantitative estimate of drug-likeness (QED) is 0.190. The van der Waals surface area contributed by atoms with Crippen molar-refractivity contribution in [1.82, 2.24) is 9.97 Å². The molecule has 0 spiro atoms. The molecular formula is C31H40N2O8. The number of aromatic nitrogens is 2. The number of methoxy groups -OCH3 is 1. The summed E-state index contributed by atoms with van der Waals surface area (Å²) in [5.74, 6) is -0.443. The van der Waals surface area contributed by atoms with Crippen LogP contribution in [-0.2, 0) is 27.1 Å². The first-order valence-electron chi connectivity index (χ1n) is 14.4. The number of rotatable bonds is 12. The van der Waals surface area contributed by atoms with Crippen LogP contribution in [0.25, 0.3) is 22.3 Å². The standard InChI is InChI=1S/C31H40N2O8/c1-4-6-8-10-18-12-14-22-20(16-18)29(37)33-28(32-22)21-17-19(11-9-7-5-2)13-15-23(21)40-31-26(36)24(34)25(35)27(41-31)30(38)39-3/h12-17,24-27,31,34-36H,4-11H2,1-3H3,(H,32,33,37)/t24-,25+,26?,27?,31-/m1/s1. The highest BCUT2D eigenvalue weighted by Gasteiger charge is 2.48. The summed E-state index contributed by atoms with van der Waals surface area (Å²) in [6.45, 7) is 4.28. The van der Waals surface area contributed by atoms with Crippen molar-refractivity contribution in [2.45, 2.75) is 95.9 Å². The Kier molecular flexibility index (Phi) is 10.5. The molecule has 0 radical (unpaired) electrons. The smallest absolute Gasteiger partial charge is 0.337 e. The number of nitrogens with one attached hydrogen (secondary N) is 1. The van der Waals surface area contributed by atoms with E-state index in [9.17, 15) is 24.9 Å². The van der Waals surface area contributed by atoms with E-state index in [2.05, 4.69) is 23.6 Å². The minimum atomic E-state index is -1.72. The van der Waals surface area contributed by atoms with Gasteiger partial charge in [-0.2, -0.15) is 0 Å². The van der Waals surface area contributed by atoms with Crippen LogP contribution in [0, 0.1) is 0 Å². The summed E-state index contributed by atoms with van der Waals surface area (Å²) in [4.78, 5) is 33.0. The lowest BCUT2D eigenvalue weighted by atomic mass is 9.98. The maximum absolute atomic E-state index is 13.2. The van der Waals surface area contributed by atoms with Crippen LogP contribution in [0.3, 0.4) is 0 Å². The number of carbonyl (C=O) groups excluding carboxylic acids is 1. The molecule has 1 fully saturated rings.